The highest BCUT2D eigenvalue weighted by Gasteiger charge is 2.08. The van der Waals surface area contributed by atoms with Crippen molar-refractivity contribution in [2.45, 2.75) is 13.5 Å². The molecule has 1 aromatic rings. The van der Waals surface area contributed by atoms with Crippen molar-refractivity contribution in [2.24, 2.45) is 11.5 Å². The van der Waals surface area contributed by atoms with Gasteiger partial charge in [-0.2, -0.15) is 0 Å². The summed E-state index contributed by atoms with van der Waals surface area (Å²) in [5.41, 5.74) is 13.6. The van der Waals surface area contributed by atoms with Gasteiger partial charge in [0.25, 0.3) is 0 Å². The average molecular weight is 237 g/mol. The van der Waals surface area contributed by atoms with Crippen LogP contribution in [0.4, 0.5) is 0 Å². The molecule has 0 bridgehead atoms. The first-order chi connectivity index (χ1) is 8.21. The number of rotatable bonds is 7. The van der Waals surface area contributed by atoms with Crippen LogP contribution in [0.3, 0.4) is 0 Å². The Balaban J connectivity index is 2.79. The molecular weight excluding hydrogens is 214 g/mol. The molecule has 96 valence electrons. The molecule has 1 rings (SSSR count). The number of ether oxygens (including phenoxy) is 1. The number of nitrogens with two attached hydrogens (primary N) is 2. The number of hydrogen-bond acceptors (Lipinski definition) is 4. The molecule has 4 heteroatoms. The molecule has 0 aliphatic heterocycles. The van der Waals surface area contributed by atoms with Gasteiger partial charge >= 0.3 is 0 Å². The minimum absolute atomic E-state index is 0.647. The normalized spacial score (nSPS) is 10.9. The molecule has 0 heterocycles. The number of nitrogens with zero attached hydrogens (tertiary/aromatic N) is 1. The smallest absolute Gasteiger partial charge is 0.123 e. The largest absolute Gasteiger partial charge is 0.496 e. The third-order valence-electron chi connectivity index (χ3n) is 2.72. The van der Waals surface area contributed by atoms with Gasteiger partial charge in [-0.1, -0.05) is 17.7 Å². The van der Waals surface area contributed by atoms with Gasteiger partial charge in [0, 0.05) is 38.3 Å². The monoisotopic (exact) mass is 237 g/mol. The van der Waals surface area contributed by atoms with E-state index in [-0.39, 0.29) is 0 Å². The van der Waals surface area contributed by atoms with Crippen LogP contribution in [0.1, 0.15) is 11.1 Å². The van der Waals surface area contributed by atoms with E-state index in [4.69, 9.17) is 16.2 Å². The molecular formula is C13H23N3O. The van der Waals surface area contributed by atoms with Crippen LogP contribution in [0.15, 0.2) is 18.2 Å². The number of aryl methyl sites for hydroxylation is 1. The van der Waals surface area contributed by atoms with E-state index in [1.807, 2.05) is 6.07 Å². The molecule has 0 unspecified atom stereocenters. The first kappa shape index (κ1) is 14.0. The Hall–Kier alpha value is -1.10. The third kappa shape index (κ3) is 4.34. The first-order valence-corrected chi connectivity index (χ1v) is 5.97. The molecule has 0 radical (unpaired) electrons. The van der Waals surface area contributed by atoms with Gasteiger partial charge in [0.1, 0.15) is 5.75 Å². The molecule has 0 spiro atoms. The zero-order chi connectivity index (χ0) is 12.7. The Morgan fingerprint density at radius 2 is 1.82 bits per heavy atom. The number of hydrogen-bond donors (Lipinski definition) is 2. The summed E-state index contributed by atoms with van der Waals surface area (Å²) < 4.78 is 5.37. The van der Waals surface area contributed by atoms with Gasteiger partial charge in [-0.25, -0.2) is 0 Å². The van der Waals surface area contributed by atoms with Crippen molar-refractivity contribution >= 4 is 0 Å². The van der Waals surface area contributed by atoms with E-state index in [2.05, 4.69) is 24.0 Å². The summed E-state index contributed by atoms with van der Waals surface area (Å²) in [5.74, 6) is 0.926. The SMILES string of the molecule is COc1ccc(C)cc1CN(CCN)CCN. The van der Waals surface area contributed by atoms with Crippen LogP contribution >= 0.6 is 0 Å². The molecule has 17 heavy (non-hydrogen) atoms. The molecule has 0 saturated carbocycles. The van der Waals surface area contributed by atoms with Crippen molar-refractivity contribution in [1.29, 1.82) is 0 Å². The van der Waals surface area contributed by atoms with Gasteiger partial charge in [-0.15, -0.1) is 0 Å². The minimum atomic E-state index is 0.647. The third-order valence-corrected chi connectivity index (χ3v) is 2.72. The predicted octanol–water partition coefficient (Wildman–Crippen LogP) is 0.723. The Labute approximate surface area is 104 Å². The topological polar surface area (TPSA) is 64.5 Å². The lowest BCUT2D eigenvalue weighted by atomic mass is 10.1. The summed E-state index contributed by atoms with van der Waals surface area (Å²) in [6.45, 7) is 5.92. The fourth-order valence-electron chi connectivity index (χ4n) is 1.91. The van der Waals surface area contributed by atoms with Gasteiger partial charge in [0.05, 0.1) is 7.11 Å². The molecule has 0 atom stereocenters. The maximum absolute atomic E-state index is 5.60. The van der Waals surface area contributed by atoms with Crippen molar-refractivity contribution in [2.75, 3.05) is 33.3 Å². The molecule has 0 aromatic heterocycles. The zero-order valence-corrected chi connectivity index (χ0v) is 10.8. The van der Waals surface area contributed by atoms with E-state index < -0.39 is 0 Å². The van der Waals surface area contributed by atoms with Gasteiger partial charge < -0.3 is 16.2 Å². The van der Waals surface area contributed by atoms with Crippen LogP contribution in [0, 0.1) is 6.92 Å². The Morgan fingerprint density at radius 1 is 1.18 bits per heavy atom. The molecule has 0 saturated heterocycles. The van der Waals surface area contributed by atoms with Gasteiger partial charge in [-0.05, 0) is 13.0 Å². The summed E-state index contributed by atoms with van der Waals surface area (Å²) in [6.07, 6.45) is 0. The van der Waals surface area contributed by atoms with Crippen molar-refractivity contribution in [3.05, 3.63) is 29.3 Å². The Kier molecular flexibility index (Phi) is 5.97. The van der Waals surface area contributed by atoms with Gasteiger partial charge in [0.2, 0.25) is 0 Å². The summed E-state index contributed by atoms with van der Waals surface area (Å²) in [5, 5.41) is 0. The van der Waals surface area contributed by atoms with E-state index in [1.165, 1.54) is 11.1 Å². The maximum Gasteiger partial charge on any atom is 0.123 e. The van der Waals surface area contributed by atoms with Crippen molar-refractivity contribution in [3.63, 3.8) is 0 Å². The van der Waals surface area contributed by atoms with Crippen LogP contribution in [-0.2, 0) is 6.54 Å². The van der Waals surface area contributed by atoms with Crippen molar-refractivity contribution < 1.29 is 4.74 Å². The van der Waals surface area contributed by atoms with Crippen LogP contribution in [-0.4, -0.2) is 38.2 Å². The highest BCUT2D eigenvalue weighted by molar-refractivity contribution is 5.36. The van der Waals surface area contributed by atoms with E-state index in [0.717, 1.165) is 25.4 Å². The lowest BCUT2D eigenvalue weighted by molar-refractivity contribution is 0.275. The number of methoxy groups -OCH3 is 1. The summed E-state index contributed by atoms with van der Waals surface area (Å²) in [6, 6.07) is 6.21. The molecule has 1 aromatic carbocycles. The molecule has 4 N–H and O–H groups in total. The predicted molar refractivity (Wildman–Crippen MR) is 71.1 cm³/mol. The fraction of sp³-hybridized carbons (Fsp3) is 0.538. The Bertz CT molecular complexity index is 335. The van der Waals surface area contributed by atoms with Gasteiger partial charge in [0.15, 0.2) is 0 Å². The highest BCUT2D eigenvalue weighted by Crippen LogP contribution is 2.21. The Morgan fingerprint density at radius 3 is 2.35 bits per heavy atom. The second-order valence-corrected chi connectivity index (χ2v) is 4.17. The standard InChI is InChI=1S/C13H23N3O/c1-11-3-4-13(17-2)12(9-11)10-16(7-5-14)8-6-15/h3-4,9H,5-8,10,14-15H2,1-2H3. The lowest BCUT2D eigenvalue weighted by Crippen LogP contribution is -2.33. The van der Waals surface area contributed by atoms with Crippen LogP contribution in [0.25, 0.3) is 0 Å². The zero-order valence-electron chi connectivity index (χ0n) is 10.8. The average Bonchev–Trinajstić information content (AvgIpc) is 2.30. The molecule has 0 aliphatic carbocycles. The minimum Gasteiger partial charge on any atom is -0.496 e. The van der Waals surface area contributed by atoms with Crippen LogP contribution < -0.4 is 16.2 Å². The molecule has 0 aliphatic rings. The van der Waals surface area contributed by atoms with Crippen molar-refractivity contribution in [1.82, 2.24) is 4.90 Å². The molecule has 0 fully saturated rings. The van der Waals surface area contributed by atoms with Crippen LogP contribution in [0.5, 0.6) is 5.75 Å². The van der Waals surface area contributed by atoms with E-state index in [1.54, 1.807) is 7.11 Å². The quantitative estimate of drug-likeness (QED) is 0.733. The molecule has 4 nitrogen and oxygen atoms in total. The second-order valence-electron chi connectivity index (χ2n) is 4.17. The summed E-state index contributed by atoms with van der Waals surface area (Å²) >= 11 is 0. The van der Waals surface area contributed by atoms with Crippen LogP contribution in [0.2, 0.25) is 0 Å². The van der Waals surface area contributed by atoms with E-state index in [9.17, 15) is 0 Å². The first-order valence-electron chi connectivity index (χ1n) is 5.97. The van der Waals surface area contributed by atoms with E-state index >= 15 is 0 Å². The second kappa shape index (κ2) is 7.27. The maximum atomic E-state index is 5.60. The summed E-state index contributed by atoms with van der Waals surface area (Å²) in [4.78, 5) is 2.25. The molecule has 0 amide bonds. The lowest BCUT2D eigenvalue weighted by Gasteiger charge is -2.22. The van der Waals surface area contributed by atoms with Crippen molar-refractivity contribution in [3.8, 4) is 5.75 Å². The number of benzene rings is 1. The highest BCUT2D eigenvalue weighted by atomic mass is 16.5. The van der Waals surface area contributed by atoms with E-state index in [0.29, 0.717) is 13.1 Å². The van der Waals surface area contributed by atoms with Gasteiger partial charge in [-0.3, -0.25) is 4.90 Å². The summed E-state index contributed by atoms with van der Waals surface area (Å²) in [7, 11) is 1.70. The fourth-order valence-corrected chi connectivity index (χ4v) is 1.91.